The number of ether oxygens (including phenoxy) is 2. The molecular weight excluding hydrogens is 798 g/mol. The number of aliphatic hydroxyl groups excluding tert-OH is 1. The van der Waals surface area contributed by atoms with E-state index in [0.717, 1.165) is 61.2 Å². The van der Waals surface area contributed by atoms with Crippen LogP contribution in [0.5, 0.6) is 11.5 Å². The van der Waals surface area contributed by atoms with Crippen LogP contribution < -0.4 is 10.3 Å². The van der Waals surface area contributed by atoms with Crippen LogP contribution in [0, 0.1) is 11.7 Å². The fraction of sp³-hybridized carbons (Fsp3) is 0.327. The van der Waals surface area contributed by atoms with Crippen molar-refractivity contribution in [2.75, 3.05) is 26.2 Å². The van der Waals surface area contributed by atoms with Crippen LogP contribution in [0.15, 0.2) is 132 Å². The molecule has 3 fully saturated rings. The number of aromatic amines is 1. The highest BCUT2D eigenvalue weighted by molar-refractivity contribution is 5.94. The summed E-state index contributed by atoms with van der Waals surface area (Å²) in [4.78, 5) is 46.0. The Balaban J connectivity index is 0.877. The number of aliphatic hydroxyl groups is 1. The first-order chi connectivity index (χ1) is 30.7. The van der Waals surface area contributed by atoms with Gasteiger partial charge in [0, 0.05) is 42.6 Å². The number of carbonyl (C=O) groups excluding carboxylic acids is 2. The van der Waals surface area contributed by atoms with Gasteiger partial charge in [-0.15, -0.1) is 0 Å². The summed E-state index contributed by atoms with van der Waals surface area (Å²) in [5.74, 6) is 0.184. The number of rotatable bonds is 18. The van der Waals surface area contributed by atoms with Gasteiger partial charge in [-0.3, -0.25) is 19.3 Å². The minimum absolute atomic E-state index is 0.0423. The molecule has 6 aromatic rings. The van der Waals surface area contributed by atoms with Gasteiger partial charge in [-0.1, -0.05) is 85.6 Å². The van der Waals surface area contributed by atoms with Gasteiger partial charge in [-0.05, 0) is 121 Å². The SMILES string of the molecule is O=C(C[C@@H](c1ccccc1)c1cccc(OCc2ccc(C(=O)N(CCCCC[C@H](O)c3ccc(O)c4[nH]c(=O)ccc34)Cc3ccc(F)cc3)cc2)c1)O[C@H]1CN2CCC1CC2. The van der Waals surface area contributed by atoms with Gasteiger partial charge in [0.1, 0.15) is 30.0 Å². The molecule has 3 aliphatic rings. The number of aromatic nitrogens is 1. The minimum atomic E-state index is -0.802. The zero-order valence-electron chi connectivity index (χ0n) is 35.3. The Morgan fingerprint density at radius 3 is 2.32 bits per heavy atom. The topological polar surface area (TPSA) is 132 Å². The lowest BCUT2D eigenvalue weighted by Crippen LogP contribution is -2.52. The summed E-state index contributed by atoms with van der Waals surface area (Å²) in [6, 6.07) is 37.5. The van der Waals surface area contributed by atoms with E-state index in [-0.39, 0.29) is 54.1 Å². The Kier molecular flexibility index (Phi) is 13.9. The number of hydrogen-bond donors (Lipinski definition) is 3. The van der Waals surface area contributed by atoms with Gasteiger partial charge in [0.15, 0.2) is 0 Å². The van der Waals surface area contributed by atoms with E-state index in [9.17, 15) is 29.0 Å². The van der Waals surface area contributed by atoms with Crippen LogP contribution in [-0.4, -0.2) is 69.2 Å². The van der Waals surface area contributed by atoms with Gasteiger partial charge < -0.3 is 29.6 Å². The number of benzene rings is 5. The number of esters is 1. The van der Waals surface area contributed by atoms with Crippen molar-refractivity contribution in [3.63, 3.8) is 0 Å². The number of halogens is 1. The van der Waals surface area contributed by atoms with Gasteiger partial charge in [0.25, 0.3) is 5.91 Å². The average Bonchev–Trinajstić information content (AvgIpc) is 3.31. The van der Waals surface area contributed by atoms with Crippen LogP contribution in [0.3, 0.4) is 0 Å². The summed E-state index contributed by atoms with van der Waals surface area (Å²) in [6.45, 7) is 4.04. The van der Waals surface area contributed by atoms with Crippen molar-refractivity contribution in [3.8, 4) is 11.5 Å². The number of phenols is 1. The first kappa shape index (κ1) is 43.4. The van der Waals surface area contributed by atoms with Crippen molar-refractivity contribution >= 4 is 22.8 Å². The van der Waals surface area contributed by atoms with Crippen LogP contribution in [-0.2, 0) is 22.7 Å². The Morgan fingerprint density at radius 1 is 0.825 bits per heavy atom. The largest absolute Gasteiger partial charge is 0.506 e. The van der Waals surface area contributed by atoms with E-state index in [1.807, 2.05) is 66.7 Å². The molecule has 0 aliphatic carbocycles. The molecule has 10 nitrogen and oxygen atoms in total. The van der Waals surface area contributed by atoms with Crippen LogP contribution in [0.25, 0.3) is 10.9 Å². The molecule has 0 unspecified atom stereocenters. The van der Waals surface area contributed by atoms with E-state index in [1.165, 1.54) is 24.3 Å². The molecule has 3 atom stereocenters. The highest BCUT2D eigenvalue weighted by Gasteiger charge is 2.37. The predicted octanol–water partition coefficient (Wildman–Crippen LogP) is 9.05. The number of carbonyl (C=O) groups is 2. The number of fused-ring (bicyclic) bond motifs is 4. The van der Waals surface area contributed by atoms with E-state index in [2.05, 4.69) is 9.88 Å². The fourth-order valence-electron chi connectivity index (χ4n) is 9.04. The van der Waals surface area contributed by atoms with Gasteiger partial charge >= 0.3 is 5.97 Å². The lowest BCUT2D eigenvalue weighted by Gasteiger charge is -2.44. The Morgan fingerprint density at radius 2 is 1.57 bits per heavy atom. The smallest absolute Gasteiger partial charge is 0.307 e. The molecule has 3 N–H and O–H groups in total. The fourth-order valence-corrected chi connectivity index (χ4v) is 9.04. The Labute approximate surface area is 366 Å². The van der Waals surface area contributed by atoms with Crippen molar-refractivity contribution in [3.05, 3.63) is 177 Å². The predicted molar refractivity (Wildman–Crippen MR) is 240 cm³/mol. The van der Waals surface area contributed by atoms with Crippen molar-refractivity contribution in [1.29, 1.82) is 0 Å². The van der Waals surface area contributed by atoms with E-state index in [0.29, 0.717) is 66.0 Å². The number of phenolic OH excluding ortho intramolecular Hbond substituents is 1. The lowest BCUT2D eigenvalue weighted by molar-refractivity contribution is -0.159. The van der Waals surface area contributed by atoms with E-state index in [1.54, 1.807) is 41.3 Å². The number of H-pyrrole nitrogens is 1. The van der Waals surface area contributed by atoms with Crippen molar-refractivity contribution in [2.45, 2.75) is 76.2 Å². The molecule has 3 saturated heterocycles. The van der Waals surface area contributed by atoms with Crippen LogP contribution in [0.4, 0.5) is 4.39 Å². The van der Waals surface area contributed by atoms with Gasteiger partial charge in [-0.25, -0.2) is 4.39 Å². The normalized spacial score (nSPS) is 17.8. The molecule has 63 heavy (non-hydrogen) atoms. The van der Waals surface area contributed by atoms with Gasteiger partial charge in [0.05, 0.1) is 18.0 Å². The molecule has 2 bridgehead atoms. The molecule has 3 aliphatic heterocycles. The van der Waals surface area contributed by atoms with Crippen LogP contribution >= 0.6 is 0 Å². The zero-order chi connectivity index (χ0) is 43.7. The molecular formula is C52H54FN3O7. The van der Waals surface area contributed by atoms with Gasteiger partial charge in [-0.2, -0.15) is 0 Å². The third-order valence-electron chi connectivity index (χ3n) is 12.6. The molecule has 11 heteroatoms. The van der Waals surface area contributed by atoms with Crippen molar-refractivity contribution in [1.82, 2.24) is 14.8 Å². The Bertz CT molecular complexity index is 2540. The highest BCUT2D eigenvalue weighted by atomic mass is 19.1. The summed E-state index contributed by atoms with van der Waals surface area (Å²) in [5.41, 5.74) is 4.80. The Hall–Kier alpha value is -6.30. The zero-order valence-corrected chi connectivity index (χ0v) is 35.3. The molecule has 9 rings (SSSR count). The molecule has 0 radical (unpaired) electrons. The number of nitrogens with one attached hydrogen (secondary N) is 1. The van der Waals surface area contributed by atoms with Crippen molar-refractivity contribution < 1.29 is 33.7 Å². The van der Waals surface area contributed by atoms with E-state index < -0.39 is 6.10 Å². The molecule has 5 aromatic carbocycles. The first-order valence-electron chi connectivity index (χ1n) is 22.0. The molecule has 4 heterocycles. The van der Waals surface area contributed by atoms with Crippen LogP contribution in [0.2, 0.25) is 0 Å². The maximum Gasteiger partial charge on any atom is 0.307 e. The van der Waals surface area contributed by atoms with E-state index >= 15 is 0 Å². The summed E-state index contributed by atoms with van der Waals surface area (Å²) in [7, 11) is 0. The number of piperidine rings is 3. The first-order valence-corrected chi connectivity index (χ1v) is 22.0. The monoisotopic (exact) mass is 851 g/mol. The molecule has 0 spiro atoms. The number of pyridine rings is 1. The third kappa shape index (κ3) is 11.0. The lowest BCUT2D eigenvalue weighted by atomic mass is 9.85. The van der Waals surface area contributed by atoms with Crippen molar-refractivity contribution in [2.24, 2.45) is 5.92 Å². The quantitative estimate of drug-likeness (QED) is 0.0577. The second-order valence-electron chi connectivity index (χ2n) is 16.9. The second-order valence-corrected chi connectivity index (χ2v) is 16.9. The van der Waals surface area contributed by atoms with Crippen LogP contribution in [0.1, 0.15) is 95.1 Å². The number of unbranched alkanes of at least 4 members (excludes halogenated alkanes) is 2. The second kappa shape index (κ2) is 20.3. The number of hydrogen-bond acceptors (Lipinski definition) is 8. The number of nitrogens with zero attached hydrogens (tertiary/aromatic N) is 2. The molecule has 326 valence electrons. The van der Waals surface area contributed by atoms with E-state index in [4.69, 9.17) is 9.47 Å². The molecule has 0 saturated carbocycles. The minimum Gasteiger partial charge on any atom is -0.506 e. The number of amides is 1. The molecule has 1 aromatic heterocycles. The summed E-state index contributed by atoms with van der Waals surface area (Å²) in [6.07, 6.45) is 4.12. The summed E-state index contributed by atoms with van der Waals surface area (Å²) >= 11 is 0. The maximum absolute atomic E-state index is 14.0. The number of aromatic hydroxyl groups is 1. The maximum atomic E-state index is 14.0. The third-order valence-corrected chi connectivity index (χ3v) is 12.6. The standard InChI is InChI=1S/C52H54FN3O7/c53-41-19-15-35(16-20-41)32-56(27-6-2-5-12-46(57)43-21-23-47(58)51-44(43)22-24-49(59)54-51)52(61)39-17-13-36(14-18-39)34-62-42-11-7-10-40(30-42)45(37-8-3-1-4-9-37)31-50(60)63-48-33-55-28-25-38(48)26-29-55/h1,3-4,7-11,13-24,30,38,45-46,48,57-58H,2,5-6,12,25-29,31-34H2,(H,54,59)/t45-,46-,48-/m0/s1. The molecule has 1 amide bonds. The summed E-state index contributed by atoms with van der Waals surface area (Å²) in [5, 5.41) is 21.9. The highest BCUT2D eigenvalue weighted by Crippen LogP contribution is 2.34. The summed E-state index contributed by atoms with van der Waals surface area (Å²) < 4.78 is 26.1. The average molecular weight is 852 g/mol. The van der Waals surface area contributed by atoms with Gasteiger partial charge in [0.2, 0.25) is 5.56 Å².